The molecule has 0 fully saturated rings. The van der Waals surface area contributed by atoms with E-state index in [1.165, 1.54) is 12.1 Å². The van der Waals surface area contributed by atoms with Gasteiger partial charge >= 0.3 is 0 Å². The van der Waals surface area contributed by atoms with Crippen molar-refractivity contribution < 1.29 is 13.9 Å². The molecule has 0 radical (unpaired) electrons. The van der Waals surface area contributed by atoms with Crippen LogP contribution in [0.25, 0.3) is 0 Å². The number of hydrogen-bond donors (Lipinski definition) is 1. The fourth-order valence-electron chi connectivity index (χ4n) is 1.83. The van der Waals surface area contributed by atoms with Crippen molar-refractivity contribution in [3.05, 3.63) is 59.1 Å². The van der Waals surface area contributed by atoms with E-state index in [4.69, 9.17) is 16.3 Å². The van der Waals surface area contributed by atoms with Gasteiger partial charge in [0.1, 0.15) is 11.6 Å². The Morgan fingerprint density at radius 1 is 1.45 bits per heavy atom. The molecular formula is C16H16ClFN2O2. The quantitative estimate of drug-likeness (QED) is 0.889. The number of nitrogens with one attached hydrogen (secondary N) is 1. The van der Waals surface area contributed by atoms with Gasteiger partial charge in [-0.15, -0.1) is 0 Å². The zero-order chi connectivity index (χ0) is 15.9. The number of nitrogens with zero attached hydrogens (tertiary/aromatic N) is 1. The van der Waals surface area contributed by atoms with Crippen molar-refractivity contribution in [3.63, 3.8) is 0 Å². The van der Waals surface area contributed by atoms with Crippen molar-refractivity contribution in [2.24, 2.45) is 0 Å². The monoisotopic (exact) mass is 322 g/mol. The molecule has 4 nitrogen and oxygen atoms in total. The van der Waals surface area contributed by atoms with Gasteiger partial charge in [-0.3, -0.25) is 9.78 Å². The zero-order valence-corrected chi connectivity index (χ0v) is 12.8. The smallest absolute Gasteiger partial charge is 0.260 e. The van der Waals surface area contributed by atoms with Gasteiger partial charge in [0, 0.05) is 18.9 Å². The second-order valence-electron chi connectivity index (χ2n) is 4.74. The highest BCUT2D eigenvalue weighted by Gasteiger charge is 2.15. The van der Waals surface area contributed by atoms with Gasteiger partial charge in [0.2, 0.25) is 0 Å². The number of hydrogen-bond acceptors (Lipinski definition) is 3. The highest BCUT2D eigenvalue weighted by molar-refractivity contribution is 6.32. The number of rotatable bonds is 6. The molecular weight excluding hydrogens is 307 g/mol. The maximum atomic E-state index is 12.9. The fourth-order valence-corrected chi connectivity index (χ4v) is 2.05. The first kappa shape index (κ1) is 16.2. The van der Waals surface area contributed by atoms with Crippen molar-refractivity contribution in [2.45, 2.75) is 19.4 Å². The van der Waals surface area contributed by atoms with Crippen molar-refractivity contribution in [3.8, 4) is 5.75 Å². The minimum atomic E-state index is -0.725. The molecule has 0 bridgehead atoms. The Morgan fingerprint density at radius 3 is 2.95 bits per heavy atom. The Balaban J connectivity index is 1.82. The van der Waals surface area contributed by atoms with Crippen molar-refractivity contribution in [2.75, 3.05) is 6.54 Å². The van der Waals surface area contributed by atoms with Crippen LogP contribution in [0.15, 0.2) is 42.7 Å². The molecule has 1 atom stereocenters. The zero-order valence-electron chi connectivity index (χ0n) is 12.1. The molecule has 0 unspecified atom stereocenters. The van der Waals surface area contributed by atoms with E-state index in [0.717, 1.165) is 11.6 Å². The summed E-state index contributed by atoms with van der Waals surface area (Å²) in [7, 11) is 0. The summed E-state index contributed by atoms with van der Waals surface area (Å²) in [5.41, 5.74) is 1.04. The first-order chi connectivity index (χ1) is 10.6. The maximum absolute atomic E-state index is 12.9. The molecule has 1 aromatic heterocycles. The number of halogens is 2. The van der Waals surface area contributed by atoms with Crippen LogP contribution in [0.4, 0.5) is 4.39 Å². The van der Waals surface area contributed by atoms with E-state index in [2.05, 4.69) is 10.3 Å². The normalized spacial score (nSPS) is 11.8. The third-order valence-electron chi connectivity index (χ3n) is 3.00. The van der Waals surface area contributed by atoms with Crippen LogP contribution < -0.4 is 10.1 Å². The van der Waals surface area contributed by atoms with Crippen molar-refractivity contribution >= 4 is 17.5 Å². The van der Waals surface area contributed by atoms with E-state index in [9.17, 15) is 9.18 Å². The lowest BCUT2D eigenvalue weighted by Crippen LogP contribution is -2.37. The number of carbonyl (C=O) groups excluding carboxylic acids is 1. The van der Waals surface area contributed by atoms with E-state index in [0.29, 0.717) is 13.0 Å². The first-order valence-corrected chi connectivity index (χ1v) is 7.22. The number of ether oxygens (including phenoxy) is 1. The molecule has 22 heavy (non-hydrogen) atoms. The van der Waals surface area contributed by atoms with E-state index in [1.807, 2.05) is 12.1 Å². The Kier molecular flexibility index (Phi) is 5.72. The molecule has 0 aliphatic rings. The molecule has 0 aliphatic heterocycles. The first-order valence-electron chi connectivity index (χ1n) is 6.84. The maximum Gasteiger partial charge on any atom is 0.260 e. The second kappa shape index (κ2) is 7.75. The van der Waals surface area contributed by atoms with Crippen LogP contribution in [0.5, 0.6) is 5.75 Å². The Morgan fingerprint density at radius 2 is 2.27 bits per heavy atom. The molecule has 0 saturated heterocycles. The minimum absolute atomic E-state index is 0.134. The van der Waals surface area contributed by atoms with Gasteiger partial charge in [-0.25, -0.2) is 4.39 Å². The molecule has 2 rings (SSSR count). The van der Waals surface area contributed by atoms with Crippen LogP contribution in [-0.2, 0) is 11.2 Å². The SMILES string of the molecule is C[C@@H](Oc1ccc(F)cc1Cl)C(=O)NCCc1cccnc1. The molecule has 0 saturated carbocycles. The van der Waals surface area contributed by atoms with Crippen LogP contribution in [0.3, 0.4) is 0 Å². The number of carbonyl (C=O) groups is 1. The van der Waals surface area contributed by atoms with E-state index >= 15 is 0 Å². The molecule has 2 aromatic rings. The van der Waals surface area contributed by atoms with Gasteiger partial charge in [0.15, 0.2) is 6.10 Å². The summed E-state index contributed by atoms with van der Waals surface area (Å²) in [6, 6.07) is 7.56. The second-order valence-corrected chi connectivity index (χ2v) is 5.14. The standard InChI is InChI=1S/C16H16ClFN2O2/c1-11(22-15-5-4-13(18)9-14(15)17)16(21)20-8-6-12-3-2-7-19-10-12/h2-5,7,9-11H,6,8H2,1H3,(H,20,21)/t11-/m1/s1. The average molecular weight is 323 g/mol. The van der Waals surface area contributed by atoms with Crippen LogP contribution in [0, 0.1) is 5.82 Å². The van der Waals surface area contributed by atoms with Crippen LogP contribution in [0.1, 0.15) is 12.5 Å². The molecule has 6 heteroatoms. The molecule has 1 aromatic carbocycles. The van der Waals surface area contributed by atoms with E-state index in [1.54, 1.807) is 19.3 Å². The number of amides is 1. The van der Waals surface area contributed by atoms with Gasteiger partial charge in [-0.1, -0.05) is 17.7 Å². The summed E-state index contributed by atoms with van der Waals surface area (Å²) >= 11 is 5.86. The lowest BCUT2D eigenvalue weighted by atomic mass is 10.2. The predicted molar refractivity (Wildman–Crippen MR) is 82.5 cm³/mol. The lowest BCUT2D eigenvalue weighted by molar-refractivity contribution is -0.127. The third-order valence-corrected chi connectivity index (χ3v) is 3.30. The Labute approximate surface area is 133 Å². The van der Waals surface area contributed by atoms with Crippen molar-refractivity contribution in [1.82, 2.24) is 10.3 Å². The number of benzene rings is 1. The highest BCUT2D eigenvalue weighted by atomic mass is 35.5. The van der Waals surface area contributed by atoms with Gasteiger partial charge in [-0.2, -0.15) is 0 Å². The Hall–Kier alpha value is -2.14. The van der Waals surface area contributed by atoms with Crippen LogP contribution in [0.2, 0.25) is 5.02 Å². The van der Waals surface area contributed by atoms with Gasteiger partial charge in [0.25, 0.3) is 5.91 Å². The summed E-state index contributed by atoms with van der Waals surface area (Å²) in [6.07, 6.45) is 3.41. The van der Waals surface area contributed by atoms with E-state index < -0.39 is 11.9 Å². The van der Waals surface area contributed by atoms with Gasteiger partial charge < -0.3 is 10.1 Å². The number of pyridine rings is 1. The van der Waals surface area contributed by atoms with Gasteiger partial charge in [-0.05, 0) is 43.2 Å². The fraction of sp³-hybridized carbons (Fsp3) is 0.250. The highest BCUT2D eigenvalue weighted by Crippen LogP contribution is 2.25. The minimum Gasteiger partial charge on any atom is -0.479 e. The molecule has 1 amide bonds. The molecule has 1 N–H and O–H groups in total. The largest absolute Gasteiger partial charge is 0.479 e. The third kappa shape index (κ3) is 4.70. The predicted octanol–water partition coefficient (Wildman–Crippen LogP) is 3.00. The average Bonchev–Trinajstić information content (AvgIpc) is 2.51. The summed E-state index contributed by atoms with van der Waals surface area (Å²) in [6.45, 7) is 2.09. The molecule has 1 heterocycles. The van der Waals surface area contributed by atoms with Crippen molar-refractivity contribution in [1.29, 1.82) is 0 Å². The summed E-state index contributed by atoms with van der Waals surface area (Å²) in [4.78, 5) is 16.0. The summed E-state index contributed by atoms with van der Waals surface area (Å²) < 4.78 is 18.4. The van der Waals surface area contributed by atoms with Crippen LogP contribution >= 0.6 is 11.6 Å². The van der Waals surface area contributed by atoms with Crippen LogP contribution in [-0.4, -0.2) is 23.5 Å². The van der Waals surface area contributed by atoms with E-state index in [-0.39, 0.29) is 16.7 Å². The van der Waals surface area contributed by atoms with Gasteiger partial charge in [0.05, 0.1) is 5.02 Å². The topological polar surface area (TPSA) is 51.2 Å². The summed E-state index contributed by atoms with van der Waals surface area (Å²) in [5.74, 6) is -0.437. The molecule has 0 spiro atoms. The molecule has 116 valence electrons. The summed E-state index contributed by atoms with van der Waals surface area (Å²) in [5, 5.41) is 2.91. The molecule has 0 aliphatic carbocycles. The number of aromatic nitrogens is 1. The lowest BCUT2D eigenvalue weighted by Gasteiger charge is -2.15. The Bertz CT molecular complexity index is 637.